The molecule has 0 aromatic rings. The molecule has 108 valence electrons. The maximum absolute atomic E-state index is 11.4. The average Bonchev–Trinajstić information content (AvgIpc) is 2.86. The molecular weight excluding hydrogens is 246 g/mol. The van der Waals surface area contributed by atoms with E-state index in [1.54, 1.807) is 6.92 Å². The number of rotatable bonds is 9. The topological polar surface area (TPSA) is 46.2 Å². The van der Waals surface area contributed by atoms with Crippen LogP contribution in [0.25, 0.3) is 0 Å². The minimum absolute atomic E-state index is 0.277. The van der Waals surface area contributed by atoms with E-state index in [0.717, 1.165) is 18.8 Å². The summed E-state index contributed by atoms with van der Waals surface area (Å²) < 4.78 is 22.8. The predicted octanol–water partition coefficient (Wildman–Crippen LogP) is 2.76. The molecule has 0 aliphatic heterocycles. The molecule has 1 atom stereocenters. The van der Waals surface area contributed by atoms with E-state index in [-0.39, 0.29) is 5.75 Å². The van der Waals surface area contributed by atoms with E-state index in [1.165, 1.54) is 38.5 Å². The van der Waals surface area contributed by atoms with Gasteiger partial charge in [0.05, 0.1) is 5.75 Å². The number of hydrogen-bond donors (Lipinski definition) is 1. The van der Waals surface area contributed by atoms with Crippen molar-refractivity contribution in [2.24, 2.45) is 5.92 Å². The molecular formula is C14H29NO2S. The molecule has 0 aromatic carbocycles. The second-order valence-electron chi connectivity index (χ2n) is 5.59. The lowest BCUT2D eigenvalue weighted by Crippen LogP contribution is -2.26. The van der Waals surface area contributed by atoms with Gasteiger partial charge in [-0.25, -0.2) is 8.42 Å². The van der Waals surface area contributed by atoms with E-state index in [2.05, 4.69) is 5.32 Å². The Balaban J connectivity index is 2.16. The van der Waals surface area contributed by atoms with Crippen molar-refractivity contribution in [2.45, 2.75) is 64.3 Å². The Bertz CT molecular complexity index is 308. The van der Waals surface area contributed by atoms with Gasteiger partial charge < -0.3 is 5.32 Å². The Morgan fingerprint density at radius 1 is 1.22 bits per heavy atom. The quantitative estimate of drug-likeness (QED) is 0.704. The summed E-state index contributed by atoms with van der Waals surface area (Å²) >= 11 is 0. The minimum atomic E-state index is -2.78. The number of nitrogens with one attached hydrogen (secondary N) is 1. The molecule has 1 aliphatic carbocycles. The molecule has 3 nitrogen and oxygen atoms in total. The molecule has 0 bridgehead atoms. The molecule has 4 heteroatoms. The molecule has 18 heavy (non-hydrogen) atoms. The number of sulfone groups is 1. The summed E-state index contributed by atoms with van der Waals surface area (Å²) in [5, 5.41) is 3.34. The Hall–Kier alpha value is -0.0900. The average molecular weight is 275 g/mol. The van der Waals surface area contributed by atoms with Crippen LogP contribution < -0.4 is 5.32 Å². The van der Waals surface area contributed by atoms with Crippen LogP contribution in [0.15, 0.2) is 0 Å². The zero-order valence-electron chi connectivity index (χ0n) is 12.0. The smallest absolute Gasteiger partial charge is 0.150 e. The third-order valence-corrected chi connectivity index (χ3v) is 6.04. The van der Waals surface area contributed by atoms with Gasteiger partial charge in [0.15, 0.2) is 0 Å². The van der Waals surface area contributed by atoms with Crippen LogP contribution in [0.5, 0.6) is 0 Å². The molecule has 0 radical (unpaired) electrons. The van der Waals surface area contributed by atoms with Gasteiger partial charge in [0.2, 0.25) is 0 Å². The molecule has 0 saturated heterocycles. The van der Waals surface area contributed by atoms with Crippen LogP contribution in [0, 0.1) is 5.92 Å². The highest BCUT2D eigenvalue weighted by Crippen LogP contribution is 2.29. The molecule has 1 saturated carbocycles. The molecule has 0 aromatic heterocycles. The van der Waals surface area contributed by atoms with Crippen molar-refractivity contribution in [1.29, 1.82) is 0 Å². The van der Waals surface area contributed by atoms with Gasteiger partial charge in [-0.15, -0.1) is 0 Å². The first-order chi connectivity index (χ1) is 8.57. The Kier molecular flexibility index (Phi) is 7.23. The third-order valence-electron chi connectivity index (χ3n) is 4.25. The molecule has 0 spiro atoms. The molecule has 0 heterocycles. The van der Waals surface area contributed by atoms with E-state index in [9.17, 15) is 8.42 Å². The van der Waals surface area contributed by atoms with Crippen LogP contribution >= 0.6 is 0 Å². The van der Waals surface area contributed by atoms with Crippen molar-refractivity contribution in [3.8, 4) is 0 Å². The highest BCUT2D eigenvalue weighted by Gasteiger charge is 2.17. The first kappa shape index (κ1) is 16.0. The van der Waals surface area contributed by atoms with Crippen molar-refractivity contribution >= 4 is 9.84 Å². The van der Waals surface area contributed by atoms with E-state index in [1.807, 2.05) is 7.05 Å². The molecule has 1 unspecified atom stereocenters. The van der Waals surface area contributed by atoms with Crippen LogP contribution in [0.1, 0.15) is 58.3 Å². The van der Waals surface area contributed by atoms with Crippen LogP contribution in [0.2, 0.25) is 0 Å². The van der Waals surface area contributed by atoms with Crippen molar-refractivity contribution in [3.63, 3.8) is 0 Å². The standard InChI is InChI=1S/C14H29NO2S/c1-3-18(16,17)12-6-9-14(15-2)11-10-13-7-4-5-8-13/h13-15H,3-12H2,1-2H3. The van der Waals surface area contributed by atoms with Gasteiger partial charge in [-0.1, -0.05) is 32.6 Å². The maximum atomic E-state index is 11.4. The van der Waals surface area contributed by atoms with Crippen LogP contribution in [0.3, 0.4) is 0 Å². The fourth-order valence-corrected chi connectivity index (χ4v) is 3.76. The van der Waals surface area contributed by atoms with Crippen molar-refractivity contribution in [3.05, 3.63) is 0 Å². The lowest BCUT2D eigenvalue weighted by Gasteiger charge is -2.18. The van der Waals surface area contributed by atoms with Crippen molar-refractivity contribution < 1.29 is 8.42 Å². The van der Waals surface area contributed by atoms with Gasteiger partial charge in [0, 0.05) is 11.8 Å². The lowest BCUT2D eigenvalue weighted by molar-refractivity contribution is 0.403. The molecule has 1 rings (SSSR count). The largest absolute Gasteiger partial charge is 0.317 e. The van der Waals surface area contributed by atoms with Gasteiger partial charge in [-0.2, -0.15) is 0 Å². The summed E-state index contributed by atoms with van der Waals surface area (Å²) in [7, 11) is -0.788. The van der Waals surface area contributed by atoms with Crippen LogP contribution in [-0.2, 0) is 9.84 Å². The summed E-state index contributed by atoms with van der Waals surface area (Å²) in [6.07, 6.45) is 9.92. The summed E-state index contributed by atoms with van der Waals surface area (Å²) in [5.41, 5.74) is 0. The second-order valence-corrected chi connectivity index (χ2v) is 8.06. The fourth-order valence-electron chi connectivity index (χ4n) is 2.86. The Morgan fingerprint density at radius 2 is 1.89 bits per heavy atom. The highest BCUT2D eigenvalue weighted by molar-refractivity contribution is 7.91. The first-order valence-electron chi connectivity index (χ1n) is 7.45. The van der Waals surface area contributed by atoms with E-state index < -0.39 is 9.84 Å². The molecule has 1 aliphatic rings. The van der Waals surface area contributed by atoms with Crippen LogP contribution in [0.4, 0.5) is 0 Å². The van der Waals surface area contributed by atoms with Crippen LogP contribution in [-0.4, -0.2) is 33.0 Å². The molecule has 0 amide bonds. The van der Waals surface area contributed by atoms with E-state index in [0.29, 0.717) is 11.8 Å². The van der Waals surface area contributed by atoms with E-state index >= 15 is 0 Å². The Morgan fingerprint density at radius 3 is 2.44 bits per heavy atom. The zero-order valence-corrected chi connectivity index (χ0v) is 12.8. The summed E-state index contributed by atoms with van der Waals surface area (Å²) in [4.78, 5) is 0. The fraction of sp³-hybridized carbons (Fsp3) is 1.00. The van der Waals surface area contributed by atoms with E-state index in [4.69, 9.17) is 0 Å². The Labute approximate surface area is 113 Å². The lowest BCUT2D eigenvalue weighted by atomic mass is 9.97. The van der Waals surface area contributed by atoms with Gasteiger partial charge in [-0.3, -0.25) is 0 Å². The SMILES string of the molecule is CCS(=O)(=O)CCCC(CCC1CCCC1)NC. The molecule has 1 N–H and O–H groups in total. The van der Waals surface area contributed by atoms with Crippen molar-refractivity contribution in [1.82, 2.24) is 5.32 Å². The second kappa shape index (κ2) is 8.16. The predicted molar refractivity (Wildman–Crippen MR) is 77.6 cm³/mol. The van der Waals surface area contributed by atoms with Gasteiger partial charge >= 0.3 is 0 Å². The monoisotopic (exact) mass is 275 g/mol. The maximum Gasteiger partial charge on any atom is 0.150 e. The van der Waals surface area contributed by atoms with Gasteiger partial charge in [0.1, 0.15) is 9.84 Å². The molecule has 1 fully saturated rings. The third kappa shape index (κ3) is 6.19. The summed E-state index contributed by atoms with van der Waals surface area (Å²) in [5.74, 6) is 1.56. The number of hydrogen-bond acceptors (Lipinski definition) is 3. The first-order valence-corrected chi connectivity index (χ1v) is 9.27. The zero-order chi connectivity index (χ0) is 13.4. The summed E-state index contributed by atoms with van der Waals surface area (Å²) in [6.45, 7) is 1.73. The normalized spacial score (nSPS) is 19.2. The summed E-state index contributed by atoms with van der Waals surface area (Å²) in [6, 6.07) is 0.498. The van der Waals surface area contributed by atoms with Crippen molar-refractivity contribution in [2.75, 3.05) is 18.6 Å². The van der Waals surface area contributed by atoms with Gasteiger partial charge in [-0.05, 0) is 38.6 Å². The minimum Gasteiger partial charge on any atom is -0.317 e. The highest BCUT2D eigenvalue weighted by atomic mass is 32.2. The van der Waals surface area contributed by atoms with Gasteiger partial charge in [0.25, 0.3) is 0 Å².